The highest BCUT2D eigenvalue weighted by Gasteiger charge is 2.74. The number of carboxylic acids is 1. The maximum atomic E-state index is 12.5. The zero-order valence-corrected chi connectivity index (χ0v) is 5.71. The first-order chi connectivity index (χ1) is 3.90. The van der Waals surface area contributed by atoms with Crippen LogP contribution in [0.4, 0.5) is 4.39 Å². The molecule has 0 saturated heterocycles. The first-order valence-corrected chi connectivity index (χ1v) is 2.96. The van der Waals surface area contributed by atoms with E-state index in [-0.39, 0.29) is 6.42 Å². The average molecular weight is 173 g/mol. The van der Waals surface area contributed by atoms with Crippen LogP contribution in [0.3, 0.4) is 0 Å². The Morgan fingerprint density at radius 2 is 2.00 bits per heavy atom. The average Bonchev–Trinajstić information content (AvgIpc) is 2.08. The fourth-order valence-corrected chi connectivity index (χ4v) is 1.02. The molecule has 5 heteroatoms. The molecule has 1 fully saturated rings. The van der Waals surface area contributed by atoms with E-state index in [1.54, 1.807) is 0 Å². The van der Waals surface area contributed by atoms with Gasteiger partial charge < -0.3 is 5.11 Å². The normalized spacial score (nSPS) is 38.1. The predicted octanol–water partition coefficient (Wildman–Crippen LogP) is 1.36. The second kappa shape index (κ2) is 1.52. The van der Waals surface area contributed by atoms with Crippen LogP contribution in [0, 0.1) is 0 Å². The number of hydrogen-bond donors (Lipinski definition) is 1. The summed E-state index contributed by atoms with van der Waals surface area (Å²) >= 11 is 10.3. The van der Waals surface area contributed by atoms with Gasteiger partial charge in [0.25, 0.3) is 0 Å². The molecular formula is C4H3Cl2FO2. The molecule has 2 nitrogen and oxygen atoms in total. The maximum Gasteiger partial charge on any atom is 0.344 e. The molecule has 0 spiro atoms. The number of carbonyl (C=O) groups is 1. The van der Waals surface area contributed by atoms with Crippen LogP contribution in [0.1, 0.15) is 6.42 Å². The lowest BCUT2D eigenvalue weighted by Crippen LogP contribution is -2.22. The van der Waals surface area contributed by atoms with Crippen LogP contribution < -0.4 is 0 Å². The second-order valence-electron chi connectivity index (χ2n) is 1.99. The molecule has 1 unspecified atom stereocenters. The van der Waals surface area contributed by atoms with Gasteiger partial charge in [-0.2, -0.15) is 0 Å². The SMILES string of the molecule is O=C(O)C1(F)CC1(Cl)Cl. The molecule has 0 bridgehead atoms. The highest BCUT2D eigenvalue weighted by molar-refractivity contribution is 6.53. The van der Waals surface area contributed by atoms with E-state index in [4.69, 9.17) is 28.3 Å². The largest absolute Gasteiger partial charge is 0.479 e. The molecule has 1 N–H and O–H groups in total. The summed E-state index contributed by atoms with van der Waals surface area (Å²) in [4.78, 5) is 9.96. The van der Waals surface area contributed by atoms with E-state index < -0.39 is 16.0 Å². The number of rotatable bonds is 1. The van der Waals surface area contributed by atoms with Gasteiger partial charge in [0, 0.05) is 6.42 Å². The van der Waals surface area contributed by atoms with Crippen LogP contribution in [0.2, 0.25) is 0 Å². The van der Waals surface area contributed by atoms with E-state index >= 15 is 0 Å². The Kier molecular flexibility index (Phi) is 1.20. The zero-order chi connectivity index (χ0) is 7.28. The molecule has 0 aliphatic heterocycles. The smallest absolute Gasteiger partial charge is 0.344 e. The third-order valence-electron chi connectivity index (χ3n) is 1.26. The van der Waals surface area contributed by atoms with Crippen molar-refractivity contribution in [1.29, 1.82) is 0 Å². The van der Waals surface area contributed by atoms with Crippen molar-refractivity contribution in [2.24, 2.45) is 0 Å². The molecule has 0 aromatic carbocycles. The van der Waals surface area contributed by atoms with Gasteiger partial charge in [-0.15, -0.1) is 0 Å². The number of carboxylic acid groups (broad SMARTS) is 1. The van der Waals surface area contributed by atoms with Crippen LogP contribution in [-0.2, 0) is 4.79 Å². The van der Waals surface area contributed by atoms with Crippen molar-refractivity contribution in [3.8, 4) is 0 Å². The van der Waals surface area contributed by atoms with Crippen molar-refractivity contribution in [2.45, 2.75) is 16.4 Å². The van der Waals surface area contributed by atoms with Crippen molar-refractivity contribution in [2.75, 3.05) is 0 Å². The van der Waals surface area contributed by atoms with Crippen LogP contribution in [0.25, 0.3) is 0 Å². The Labute approximate surface area is 60.6 Å². The first-order valence-electron chi connectivity index (χ1n) is 2.20. The van der Waals surface area contributed by atoms with Crippen molar-refractivity contribution in [3.63, 3.8) is 0 Å². The summed E-state index contributed by atoms with van der Waals surface area (Å²) < 4.78 is 10.8. The monoisotopic (exact) mass is 172 g/mol. The lowest BCUT2D eigenvalue weighted by molar-refractivity contribution is -0.144. The van der Waals surface area contributed by atoms with Crippen LogP contribution in [0.15, 0.2) is 0 Å². The van der Waals surface area contributed by atoms with Gasteiger partial charge >= 0.3 is 5.97 Å². The molecule has 0 radical (unpaired) electrons. The molecule has 1 saturated carbocycles. The molecule has 52 valence electrons. The second-order valence-corrected chi connectivity index (χ2v) is 3.47. The molecule has 1 aliphatic carbocycles. The molecule has 1 atom stereocenters. The van der Waals surface area contributed by atoms with Crippen LogP contribution in [-0.4, -0.2) is 21.1 Å². The summed E-state index contributed by atoms with van der Waals surface area (Å²) in [5.74, 6) is -1.59. The van der Waals surface area contributed by atoms with Crippen LogP contribution in [0.5, 0.6) is 0 Å². The van der Waals surface area contributed by atoms with Gasteiger partial charge in [0.1, 0.15) is 0 Å². The number of aliphatic carboxylic acids is 1. The number of alkyl halides is 3. The highest BCUT2D eigenvalue weighted by atomic mass is 35.5. The molecule has 0 aromatic rings. The molecule has 9 heavy (non-hydrogen) atoms. The van der Waals surface area contributed by atoms with E-state index in [2.05, 4.69) is 0 Å². The third-order valence-corrected chi connectivity index (χ3v) is 2.13. The summed E-state index contributed by atoms with van der Waals surface area (Å²) in [6, 6.07) is 0. The molecule has 0 amide bonds. The van der Waals surface area contributed by atoms with Crippen molar-refractivity contribution >= 4 is 29.2 Å². The summed E-state index contributed by atoms with van der Waals surface area (Å²) in [6.07, 6.45) is -0.321. The van der Waals surface area contributed by atoms with Gasteiger partial charge in [-0.25, -0.2) is 9.18 Å². The number of halogens is 3. The molecule has 1 aliphatic rings. The van der Waals surface area contributed by atoms with E-state index in [0.717, 1.165) is 0 Å². The quantitative estimate of drug-likeness (QED) is 0.607. The Balaban J connectivity index is 2.74. The summed E-state index contributed by atoms with van der Waals surface area (Å²) in [5, 5.41) is 8.10. The Hall–Kier alpha value is -0.0200. The van der Waals surface area contributed by atoms with E-state index in [1.165, 1.54) is 0 Å². The van der Waals surface area contributed by atoms with E-state index in [0.29, 0.717) is 0 Å². The maximum absolute atomic E-state index is 12.5. The minimum absolute atomic E-state index is 0.321. The molecule has 1 rings (SSSR count). The lowest BCUT2D eigenvalue weighted by Gasteiger charge is -1.98. The third kappa shape index (κ3) is 0.792. The van der Waals surface area contributed by atoms with Gasteiger partial charge in [0.15, 0.2) is 4.33 Å². The fourth-order valence-electron chi connectivity index (χ4n) is 0.494. The van der Waals surface area contributed by atoms with Gasteiger partial charge in [-0.3, -0.25) is 0 Å². The first kappa shape index (κ1) is 7.09. The van der Waals surface area contributed by atoms with Crippen molar-refractivity contribution < 1.29 is 14.3 Å². The van der Waals surface area contributed by atoms with Gasteiger partial charge in [-0.05, 0) is 0 Å². The standard InChI is InChI=1S/C4H3Cl2FO2/c5-4(6)1-3(4,7)2(8)9/h1H2,(H,8,9). The van der Waals surface area contributed by atoms with E-state index in [1.807, 2.05) is 0 Å². The zero-order valence-electron chi connectivity index (χ0n) is 4.20. The number of hydrogen-bond acceptors (Lipinski definition) is 1. The molecule has 0 heterocycles. The predicted molar refractivity (Wildman–Crippen MR) is 30.5 cm³/mol. The van der Waals surface area contributed by atoms with Gasteiger partial charge in [0.05, 0.1) is 0 Å². The Morgan fingerprint density at radius 3 is 2.00 bits per heavy atom. The van der Waals surface area contributed by atoms with Crippen molar-refractivity contribution in [3.05, 3.63) is 0 Å². The minimum Gasteiger partial charge on any atom is -0.479 e. The van der Waals surface area contributed by atoms with Gasteiger partial charge in [-0.1, -0.05) is 23.2 Å². The lowest BCUT2D eigenvalue weighted by atomic mass is 10.4. The van der Waals surface area contributed by atoms with Gasteiger partial charge in [0.2, 0.25) is 5.67 Å². The Morgan fingerprint density at radius 1 is 1.67 bits per heavy atom. The summed E-state index contributed by atoms with van der Waals surface area (Å²) in [6.45, 7) is 0. The van der Waals surface area contributed by atoms with E-state index in [9.17, 15) is 9.18 Å². The van der Waals surface area contributed by atoms with Crippen LogP contribution >= 0.6 is 23.2 Å². The summed E-state index contributed by atoms with van der Waals surface area (Å²) in [5.41, 5.74) is -2.41. The van der Waals surface area contributed by atoms with Crippen molar-refractivity contribution in [1.82, 2.24) is 0 Å². The fraction of sp³-hybridized carbons (Fsp3) is 0.750. The minimum atomic E-state index is -2.41. The topological polar surface area (TPSA) is 37.3 Å². The Bertz CT molecular complexity index is 170. The molecule has 0 aromatic heterocycles. The highest BCUT2D eigenvalue weighted by Crippen LogP contribution is 2.59. The molecular weight excluding hydrogens is 170 g/mol. The summed E-state index contributed by atoms with van der Waals surface area (Å²) in [7, 11) is 0.